The van der Waals surface area contributed by atoms with Crippen LogP contribution >= 0.6 is 11.6 Å². The number of benzene rings is 2. The van der Waals surface area contributed by atoms with Gasteiger partial charge in [0, 0.05) is 23.7 Å². The van der Waals surface area contributed by atoms with Crippen LogP contribution in [0.1, 0.15) is 17.4 Å². The van der Waals surface area contributed by atoms with Crippen LogP contribution in [0.15, 0.2) is 48.7 Å². The number of nitrogens with zero attached hydrogens (tertiary/aromatic N) is 4. The molecule has 1 amide bonds. The van der Waals surface area contributed by atoms with Gasteiger partial charge in [0.2, 0.25) is 5.69 Å². The smallest absolute Gasteiger partial charge is 0.320 e. The van der Waals surface area contributed by atoms with Crippen LogP contribution in [0.3, 0.4) is 0 Å². The van der Waals surface area contributed by atoms with Gasteiger partial charge < -0.3 is 10.1 Å². The van der Waals surface area contributed by atoms with Gasteiger partial charge in [0.15, 0.2) is 0 Å². The van der Waals surface area contributed by atoms with E-state index in [9.17, 15) is 25.0 Å². The van der Waals surface area contributed by atoms with E-state index >= 15 is 0 Å². The molecule has 12 heteroatoms. The summed E-state index contributed by atoms with van der Waals surface area (Å²) in [5.74, 6) is -0.379. The Morgan fingerprint density at radius 1 is 1.13 bits per heavy atom. The lowest BCUT2D eigenvalue weighted by Gasteiger charge is -2.10. The van der Waals surface area contributed by atoms with E-state index in [-0.39, 0.29) is 29.4 Å². The van der Waals surface area contributed by atoms with Gasteiger partial charge >= 0.3 is 5.69 Å². The molecule has 11 nitrogen and oxygen atoms in total. The Bertz CT molecular complexity index is 1130. The van der Waals surface area contributed by atoms with E-state index in [0.717, 1.165) is 16.9 Å². The fraction of sp³-hybridized carbons (Fsp3) is 0.111. The Morgan fingerprint density at radius 2 is 1.83 bits per heavy atom. The molecule has 0 aliphatic rings. The highest BCUT2D eigenvalue weighted by Gasteiger charge is 2.27. The van der Waals surface area contributed by atoms with Crippen molar-refractivity contribution in [3.05, 3.63) is 79.6 Å². The Balaban J connectivity index is 1.94. The van der Waals surface area contributed by atoms with E-state index in [1.165, 1.54) is 12.1 Å². The average molecular weight is 432 g/mol. The summed E-state index contributed by atoms with van der Waals surface area (Å²) in [6.45, 7) is 1.88. The third-order valence-electron chi connectivity index (χ3n) is 3.94. The molecule has 0 atom stereocenters. The molecular formula is C18H14ClN5O6. The van der Waals surface area contributed by atoms with Gasteiger partial charge in [-0.25, -0.2) is 0 Å². The molecular weight excluding hydrogens is 418 g/mol. The standard InChI is InChI=1S/C18H14ClN5O6/c1-2-22-17(16(10-20-22)24(28)29)18(25)21-12-7-13(23(26)27)9-15(8-12)30-14-5-3-11(19)4-6-14/h3-10H,2H2,1H3,(H,21,25). The van der Waals surface area contributed by atoms with Crippen LogP contribution in [0.25, 0.3) is 0 Å². The summed E-state index contributed by atoms with van der Waals surface area (Å²) in [7, 11) is 0. The maximum absolute atomic E-state index is 12.7. The Hall–Kier alpha value is -3.99. The maximum Gasteiger partial charge on any atom is 0.320 e. The number of halogens is 1. The number of carbonyl (C=O) groups excluding carboxylic acids is 1. The predicted octanol–water partition coefficient (Wildman–Crippen LogP) is 4.42. The fourth-order valence-electron chi connectivity index (χ4n) is 2.63. The molecule has 3 rings (SSSR count). The molecule has 0 bridgehead atoms. The quantitative estimate of drug-likeness (QED) is 0.430. The van der Waals surface area contributed by atoms with Crippen LogP contribution in [0.2, 0.25) is 5.02 Å². The Morgan fingerprint density at radius 3 is 2.43 bits per heavy atom. The molecule has 0 spiro atoms. The minimum atomic E-state index is -0.834. The molecule has 0 unspecified atom stereocenters. The van der Waals surface area contributed by atoms with Crippen molar-refractivity contribution >= 4 is 34.6 Å². The number of hydrogen-bond acceptors (Lipinski definition) is 7. The first-order chi connectivity index (χ1) is 14.3. The summed E-state index contributed by atoms with van der Waals surface area (Å²) in [6.07, 6.45) is 0.973. The van der Waals surface area contributed by atoms with Crippen LogP contribution in [0.5, 0.6) is 11.5 Å². The molecule has 1 N–H and O–H groups in total. The molecule has 1 aromatic heterocycles. The zero-order valence-corrected chi connectivity index (χ0v) is 16.2. The number of anilines is 1. The lowest BCUT2D eigenvalue weighted by molar-refractivity contribution is -0.385. The molecule has 0 aliphatic heterocycles. The van der Waals surface area contributed by atoms with Gasteiger partial charge in [0.25, 0.3) is 11.6 Å². The van der Waals surface area contributed by atoms with Crippen molar-refractivity contribution in [3.63, 3.8) is 0 Å². The first-order valence-corrected chi connectivity index (χ1v) is 8.90. The van der Waals surface area contributed by atoms with E-state index in [4.69, 9.17) is 16.3 Å². The van der Waals surface area contributed by atoms with Gasteiger partial charge in [-0.1, -0.05) is 11.6 Å². The van der Waals surface area contributed by atoms with Gasteiger partial charge in [0.05, 0.1) is 21.6 Å². The first-order valence-electron chi connectivity index (χ1n) is 8.53. The van der Waals surface area contributed by atoms with Crippen molar-refractivity contribution in [2.75, 3.05) is 5.32 Å². The summed E-state index contributed by atoms with van der Waals surface area (Å²) in [4.78, 5) is 33.8. The Kier molecular flexibility index (Phi) is 5.93. The van der Waals surface area contributed by atoms with Gasteiger partial charge in [-0.3, -0.25) is 29.7 Å². The van der Waals surface area contributed by atoms with Crippen LogP contribution in [-0.4, -0.2) is 25.5 Å². The molecule has 0 saturated carbocycles. The zero-order chi connectivity index (χ0) is 21.8. The summed E-state index contributed by atoms with van der Waals surface area (Å²) < 4.78 is 6.77. The third-order valence-corrected chi connectivity index (χ3v) is 4.19. The highest BCUT2D eigenvalue weighted by atomic mass is 35.5. The summed E-state index contributed by atoms with van der Waals surface area (Å²) in [6, 6.07) is 9.97. The van der Waals surface area contributed by atoms with Crippen molar-refractivity contribution in [3.8, 4) is 11.5 Å². The SMILES string of the molecule is CCn1ncc([N+](=O)[O-])c1C(=O)Nc1cc(Oc2ccc(Cl)cc2)cc([N+](=O)[O-])c1. The normalized spacial score (nSPS) is 10.5. The number of ether oxygens (including phenoxy) is 1. The topological polar surface area (TPSA) is 142 Å². The minimum absolute atomic E-state index is 0.0244. The first kappa shape index (κ1) is 20.7. The lowest BCUT2D eigenvalue weighted by atomic mass is 10.2. The van der Waals surface area contributed by atoms with Crippen LogP contribution in [-0.2, 0) is 6.54 Å². The highest BCUT2D eigenvalue weighted by molar-refractivity contribution is 6.30. The molecule has 2 aromatic carbocycles. The largest absolute Gasteiger partial charge is 0.457 e. The molecule has 0 aliphatic carbocycles. The lowest BCUT2D eigenvalue weighted by Crippen LogP contribution is -2.18. The van der Waals surface area contributed by atoms with Crippen molar-refractivity contribution in [1.82, 2.24) is 9.78 Å². The summed E-state index contributed by atoms with van der Waals surface area (Å²) in [5, 5.41) is 29.2. The summed E-state index contributed by atoms with van der Waals surface area (Å²) in [5.41, 5.74) is -1.06. The van der Waals surface area contributed by atoms with Crippen LogP contribution < -0.4 is 10.1 Å². The van der Waals surface area contributed by atoms with Gasteiger partial charge in [-0.15, -0.1) is 0 Å². The number of nitrogens with one attached hydrogen (secondary N) is 1. The van der Waals surface area contributed by atoms with E-state index in [1.54, 1.807) is 31.2 Å². The van der Waals surface area contributed by atoms with Gasteiger partial charge in [-0.2, -0.15) is 5.10 Å². The minimum Gasteiger partial charge on any atom is -0.457 e. The molecule has 30 heavy (non-hydrogen) atoms. The molecule has 154 valence electrons. The average Bonchev–Trinajstić information content (AvgIpc) is 3.14. The monoisotopic (exact) mass is 431 g/mol. The molecule has 0 saturated heterocycles. The second-order valence-corrected chi connectivity index (χ2v) is 6.37. The predicted molar refractivity (Wildman–Crippen MR) is 107 cm³/mol. The molecule has 0 radical (unpaired) electrons. The van der Waals surface area contributed by atoms with E-state index in [0.29, 0.717) is 10.8 Å². The van der Waals surface area contributed by atoms with Gasteiger partial charge in [0.1, 0.15) is 17.7 Å². The van der Waals surface area contributed by atoms with Crippen molar-refractivity contribution < 1.29 is 19.4 Å². The van der Waals surface area contributed by atoms with E-state index in [1.807, 2.05) is 0 Å². The van der Waals surface area contributed by atoms with Crippen LogP contribution in [0.4, 0.5) is 17.1 Å². The number of rotatable bonds is 7. The Labute approximate surface area is 174 Å². The number of hydrogen-bond donors (Lipinski definition) is 1. The fourth-order valence-corrected chi connectivity index (χ4v) is 2.76. The molecule has 0 fully saturated rings. The number of nitro benzene ring substituents is 1. The highest BCUT2D eigenvalue weighted by Crippen LogP contribution is 2.31. The molecule has 3 aromatic rings. The second kappa shape index (κ2) is 8.57. The number of aryl methyl sites for hydroxylation is 1. The second-order valence-electron chi connectivity index (χ2n) is 5.93. The maximum atomic E-state index is 12.7. The molecule has 1 heterocycles. The van der Waals surface area contributed by atoms with Crippen LogP contribution in [0, 0.1) is 20.2 Å². The van der Waals surface area contributed by atoms with Crippen molar-refractivity contribution in [1.29, 1.82) is 0 Å². The van der Waals surface area contributed by atoms with Crippen molar-refractivity contribution in [2.24, 2.45) is 0 Å². The third kappa shape index (κ3) is 4.52. The van der Waals surface area contributed by atoms with Gasteiger partial charge in [-0.05, 0) is 31.2 Å². The van der Waals surface area contributed by atoms with Crippen molar-refractivity contribution in [2.45, 2.75) is 13.5 Å². The van der Waals surface area contributed by atoms with E-state index in [2.05, 4.69) is 10.4 Å². The summed E-state index contributed by atoms with van der Waals surface area (Å²) >= 11 is 5.83. The number of nitro groups is 2. The number of amides is 1. The number of non-ortho nitro benzene ring substituents is 1. The number of carbonyl (C=O) groups is 1. The number of aromatic nitrogens is 2. The van der Waals surface area contributed by atoms with E-state index < -0.39 is 21.4 Å². The zero-order valence-electron chi connectivity index (χ0n) is 15.4.